The van der Waals surface area contributed by atoms with Crippen molar-refractivity contribution in [3.8, 4) is 0 Å². The van der Waals surface area contributed by atoms with Gasteiger partial charge >= 0.3 is 0 Å². The number of halogens is 1. The number of carbonyl (C=O) groups is 1. The summed E-state index contributed by atoms with van der Waals surface area (Å²) in [5, 5.41) is 13.7. The maximum atomic E-state index is 12.2. The lowest BCUT2D eigenvalue weighted by Gasteiger charge is -2.26. The Labute approximate surface area is 132 Å². The van der Waals surface area contributed by atoms with Crippen LogP contribution >= 0.6 is 15.9 Å². The monoisotopic (exact) mass is 354 g/mol. The molecule has 0 aliphatic heterocycles. The van der Waals surface area contributed by atoms with E-state index in [2.05, 4.69) is 28.2 Å². The van der Waals surface area contributed by atoms with Gasteiger partial charge in [-0.15, -0.1) is 0 Å². The Balaban J connectivity index is 1.97. The first kappa shape index (κ1) is 15.9. The summed E-state index contributed by atoms with van der Waals surface area (Å²) in [5.41, 5.74) is 0.239. The molecule has 0 radical (unpaired) electrons. The van der Waals surface area contributed by atoms with Crippen LogP contribution < -0.4 is 5.32 Å². The molecule has 21 heavy (non-hydrogen) atoms. The van der Waals surface area contributed by atoms with Crippen molar-refractivity contribution in [2.75, 3.05) is 6.54 Å². The van der Waals surface area contributed by atoms with Crippen molar-refractivity contribution in [3.05, 3.63) is 38.3 Å². The third kappa shape index (κ3) is 4.27. The number of benzene rings is 1. The lowest BCUT2D eigenvalue weighted by molar-refractivity contribution is -0.384. The predicted molar refractivity (Wildman–Crippen MR) is 84.3 cm³/mol. The predicted octanol–water partition coefficient (Wildman–Crippen LogP) is 3.91. The molecular weight excluding hydrogens is 336 g/mol. The van der Waals surface area contributed by atoms with Crippen LogP contribution in [0.3, 0.4) is 0 Å². The number of carbonyl (C=O) groups excluding carboxylic acids is 1. The van der Waals surface area contributed by atoms with E-state index in [0.717, 1.165) is 18.8 Å². The molecule has 1 aromatic rings. The minimum absolute atomic E-state index is 0.0742. The Hall–Kier alpha value is -1.43. The Morgan fingerprint density at radius 1 is 1.38 bits per heavy atom. The van der Waals surface area contributed by atoms with Crippen LogP contribution in [-0.2, 0) is 0 Å². The highest BCUT2D eigenvalue weighted by molar-refractivity contribution is 9.10. The molecule has 2 rings (SSSR count). The Morgan fingerprint density at radius 2 is 2.05 bits per heavy atom. The molecule has 1 fully saturated rings. The van der Waals surface area contributed by atoms with Gasteiger partial charge < -0.3 is 5.32 Å². The largest absolute Gasteiger partial charge is 0.352 e. The zero-order valence-electron chi connectivity index (χ0n) is 12.0. The van der Waals surface area contributed by atoms with Gasteiger partial charge in [0, 0.05) is 23.2 Å². The molecule has 1 aliphatic rings. The van der Waals surface area contributed by atoms with E-state index in [1.165, 1.54) is 31.0 Å². The number of nitro benzene ring substituents is 1. The zero-order chi connectivity index (χ0) is 15.4. The number of hydrogen-bond acceptors (Lipinski definition) is 3. The fourth-order valence-electron chi connectivity index (χ4n) is 2.67. The zero-order valence-corrected chi connectivity index (χ0v) is 13.6. The van der Waals surface area contributed by atoms with Gasteiger partial charge in [0.2, 0.25) is 0 Å². The number of amides is 1. The van der Waals surface area contributed by atoms with Crippen molar-refractivity contribution < 1.29 is 9.72 Å². The van der Waals surface area contributed by atoms with Crippen LogP contribution in [0.25, 0.3) is 0 Å². The number of rotatable bonds is 4. The van der Waals surface area contributed by atoms with Crippen molar-refractivity contribution >= 4 is 27.5 Å². The average Bonchev–Trinajstić information content (AvgIpc) is 2.46. The van der Waals surface area contributed by atoms with Crippen molar-refractivity contribution in [1.29, 1.82) is 0 Å². The van der Waals surface area contributed by atoms with Crippen LogP contribution in [0.2, 0.25) is 0 Å². The summed E-state index contributed by atoms with van der Waals surface area (Å²) in [4.78, 5) is 22.5. The Bertz CT molecular complexity index is 540. The molecule has 114 valence electrons. The molecule has 1 saturated carbocycles. The fraction of sp³-hybridized carbons (Fsp3) is 0.533. The SMILES string of the molecule is CC1CCC(CNC(=O)c2cc([N+](=O)[O-])ccc2Br)CC1. The highest BCUT2D eigenvalue weighted by Crippen LogP contribution is 2.28. The van der Waals surface area contributed by atoms with E-state index in [-0.39, 0.29) is 11.6 Å². The van der Waals surface area contributed by atoms with Crippen LogP contribution in [0.1, 0.15) is 43.0 Å². The van der Waals surface area contributed by atoms with Gasteiger partial charge in [0.25, 0.3) is 11.6 Å². The van der Waals surface area contributed by atoms with Crippen molar-refractivity contribution in [2.45, 2.75) is 32.6 Å². The van der Waals surface area contributed by atoms with Crippen LogP contribution in [-0.4, -0.2) is 17.4 Å². The second-order valence-corrected chi connectivity index (χ2v) is 6.61. The lowest BCUT2D eigenvalue weighted by atomic mass is 9.83. The molecule has 0 bridgehead atoms. The van der Waals surface area contributed by atoms with E-state index in [0.29, 0.717) is 22.5 Å². The second kappa shape index (κ2) is 7.02. The summed E-state index contributed by atoms with van der Waals surface area (Å²) in [6.07, 6.45) is 4.69. The molecule has 5 nitrogen and oxygen atoms in total. The molecule has 0 aromatic heterocycles. The van der Waals surface area contributed by atoms with Crippen molar-refractivity contribution in [3.63, 3.8) is 0 Å². The third-order valence-corrected chi connectivity index (χ3v) is 4.78. The Kier molecular flexibility index (Phi) is 5.33. The summed E-state index contributed by atoms with van der Waals surface area (Å²) >= 11 is 3.27. The molecule has 1 aliphatic carbocycles. The summed E-state index contributed by atoms with van der Waals surface area (Å²) in [6.45, 7) is 2.90. The fourth-order valence-corrected chi connectivity index (χ4v) is 3.09. The summed E-state index contributed by atoms with van der Waals surface area (Å²) < 4.78 is 0.572. The highest BCUT2D eigenvalue weighted by atomic mass is 79.9. The first-order chi connectivity index (χ1) is 9.97. The second-order valence-electron chi connectivity index (χ2n) is 5.76. The molecule has 0 spiro atoms. The number of nitrogens with one attached hydrogen (secondary N) is 1. The summed E-state index contributed by atoms with van der Waals surface area (Å²) in [5.74, 6) is 1.04. The van der Waals surface area contributed by atoms with Gasteiger partial charge in [-0.05, 0) is 46.7 Å². The van der Waals surface area contributed by atoms with Crippen LogP contribution in [0.15, 0.2) is 22.7 Å². The van der Waals surface area contributed by atoms with E-state index in [1.807, 2.05) is 0 Å². The van der Waals surface area contributed by atoms with E-state index in [1.54, 1.807) is 0 Å². The number of hydrogen-bond donors (Lipinski definition) is 1. The molecule has 0 unspecified atom stereocenters. The maximum absolute atomic E-state index is 12.2. The van der Waals surface area contributed by atoms with Gasteiger partial charge in [-0.2, -0.15) is 0 Å². The molecule has 1 N–H and O–H groups in total. The number of non-ortho nitro benzene ring substituents is 1. The van der Waals surface area contributed by atoms with E-state index in [9.17, 15) is 14.9 Å². The van der Waals surface area contributed by atoms with Crippen LogP contribution in [0.5, 0.6) is 0 Å². The van der Waals surface area contributed by atoms with Gasteiger partial charge in [-0.3, -0.25) is 14.9 Å². The van der Waals surface area contributed by atoms with Crippen LogP contribution in [0, 0.1) is 22.0 Å². The molecule has 1 amide bonds. The topological polar surface area (TPSA) is 72.2 Å². The highest BCUT2D eigenvalue weighted by Gasteiger charge is 2.20. The van der Waals surface area contributed by atoms with Crippen molar-refractivity contribution in [1.82, 2.24) is 5.32 Å². The van der Waals surface area contributed by atoms with Gasteiger partial charge in [0.15, 0.2) is 0 Å². The van der Waals surface area contributed by atoms with Gasteiger partial charge in [-0.1, -0.05) is 19.8 Å². The summed E-state index contributed by atoms with van der Waals surface area (Å²) in [7, 11) is 0. The van der Waals surface area contributed by atoms with E-state index in [4.69, 9.17) is 0 Å². The van der Waals surface area contributed by atoms with Gasteiger partial charge in [-0.25, -0.2) is 0 Å². The average molecular weight is 355 g/mol. The van der Waals surface area contributed by atoms with E-state index < -0.39 is 4.92 Å². The molecule has 0 heterocycles. The van der Waals surface area contributed by atoms with E-state index >= 15 is 0 Å². The number of nitrogens with zero attached hydrogens (tertiary/aromatic N) is 1. The molecule has 0 atom stereocenters. The lowest BCUT2D eigenvalue weighted by Crippen LogP contribution is -2.31. The smallest absolute Gasteiger partial charge is 0.270 e. The first-order valence-electron chi connectivity index (χ1n) is 7.19. The minimum atomic E-state index is -0.494. The molecule has 1 aromatic carbocycles. The van der Waals surface area contributed by atoms with Crippen molar-refractivity contribution in [2.24, 2.45) is 11.8 Å². The number of nitro groups is 1. The van der Waals surface area contributed by atoms with Gasteiger partial charge in [0.05, 0.1) is 10.5 Å². The minimum Gasteiger partial charge on any atom is -0.352 e. The van der Waals surface area contributed by atoms with Crippen LogP contribution in [0.4, 0.5) is 5.69 Å². The standard InChI is InChI=1S/C15H19BrN2O3/c1-10-2-4-11(5-3-10)9-17-15(19)13-8-12(18(20)21)6-7-14(13)16/h6-8,10-11H,2-5,9H2,1H3,(H,17,19). The third-order valence-electron chi connectivity index (χ3n) is 4.09. The maximum Gasteiger partial charge on any atom is 0.270 e. The van der Waals surface area contributed by atoms with Gasteiger partial charge in [0.1, 0.15) is 0 Å². The quantitative estimate of drug-likeness (QED) is 0.657. The first-order valence-corrected chi connectivity index (χ1v) is 7.99. The molecule has 6 heteroatoms. The molecular formula is C15H19BrN2O3. The summed E-state index contributed by atoms with van der Waals surface area (Å²) in [6, 6.07) is 4.22. The molecule has 0 saturated heterocycles. The Morgan fingerprint density at radius 3 is 2.67 bits per heavy atom. The normalized spacial score (nSPS) is 21.8.